The first-order valence-corrected chi connectivity index (χ1v) is 5.18. The molecule has 0 saturated heterocycles. The number of likely N-dealkylation sites (N-methyl/N-ethyl adjacent to an activating group) is 1. The number of hydrogen-bond donors (Lipinski definition) is 1. The average molecular weight is 242 g/mol. The van der Waals surface area contributed by atoms with Crippen molar-refractivity contribution in [2.45, 2.75) is 25.6 Å². The Morgan fingerprint density at radius 2 is 1.75 bits per heavy atom. The summed E-state index contributed by atoms with van der Waals surface area (Å²) in [6.45, 7) is 4.13. The van der Waals surface area contributed by atoms with Crippen LogP contribution in [0.2, 0.25) is 0 Å². The van der Waals surface area contributed by atoms with Crippen molar-refractivity contribution in [3.05, 3.63) is 0 Å². The fourth-order valence-corrected chi connectivity index (χ4v) is 0.885. The lowest BCUT2D eigenvalue weighted by atomic mass is 10.0. The van der Waals surface area contributed by atoms with Gasteiger partial charge in [-0.25, -0.2) is 0 Å². The quantitative estimate of drug-likeness (QED) is 0.685. The van der Waals surface area contributed by atoms with Crippen molar-refractivity contribution in [2.24, 2.45) is 0 Å². The highest BCUT2D eigenvalue weighted by atomic mass is 19.4. The Hall–Kier alpha value is -0.330. The molecule has 0 aliphatic rings. The van der Waals surface area contributed by atoms with Crippen molar-refractivity contribution in [1.82, 2.24) is 10.2 Å². The fourth-order valence-electron chi connectivity index (χ4n) is 0.885. The average Bonchev–Trinajstić information content (AvgIpc) is 2.09. The maximum Gasteiger partial charge on any atom is 0.411 e. The third-order valence-electron chi connectivity index (χ3n) is 2.46. The van der Waals surface area contributed by atoms with E-state index < -0.39 is 12.8 Å². The molecule has 0 rings (SSSR count). The van der Waals surface area contributed by atoms with E-state index in [1.54, 1.807) is 0 Å². The zero-order valence-corrected chi connectivity index (χ0v) is 10.3. The van der Waals surface area contributed by atoms with Crippen LogP contribution in [0, 0.1) is 0 Å². The summed E-state index contributed by atoms with van der Waals surface area (Å²) in [5.74, 6) is 0. The standard InChI is InChI=1S/C10H21F3N2O/c1-9(2,15(3)4)7-14-5-6-16-8-10(11,12)13/h14H,5-8H2,1-4H3. The smallest absolute Gasteiger partial charge is 0.371 e. The van der Waals surface area contributed by atoms with Crippen LogP contribution in [0.25, 0.3) is 0 Å². The first-order chi connectivity index (χ1) is 7.15. The Morgan fingerprint density at radius 1 is 1.19 bits per heavy atom. The van der Waals surface area contributed by atoms with Crippen LogP contribution in [-0.2, 0) is 4.74 Å². The van der Waals surface area contributed by atoms with E-state index in [0.29, 0.717) is 13.1 Å². The Balaban J connectivity index is 3.48. The first-order valence-electron chi connectivity index (χ1n) is 5.18. The van der Waals surface area contributed by atoms with E-state index in [4.69, 9.17) is 0 Å². The van der Waals surface area contributed by atoms with E-state index in [9.17, 15) is 13.2 Å². The van der Waals surface area contributed by atoms with Crippen molar-refractivity contribution in [3.63, 3.8) is 0 Å². The lowest BCUT2D eigenvalue weighted by molar-refractivity contribution is -0.173. The molecule has 0 bridgehead atoms. The normalized spacial score (nSPS) is 13.5. The zero-order chi connectivity index (χ0) is 12.8. The second kappa shape index (κ2) is 6.42. The topological polar surface area (TPSA) is 24.5 Å². The molecule has 0 heterocycles. The Kier molecular flexibility index (Phi) is 6.28. The lowest BCUT2D eigenvalue weighted by Gasteiger charge is -2.32. The number of nitrogens with zero attached hydrogens (tertiary/aromatic N) is 1. The van der Waals surface area contributed by atoms with Crippen LogP contribution >= 0.6 is 0 Å². The van der Waals surface area contributed by atoms with Gasteiger partial charge in [-0.1, -0.05) is 0 Å². The van der Waals surface area contributed by atoms with Gasteiger partial charge in [0.1, 0.15) is 6.61 Å². The van der Waals surface area contributed by atoms with Crippen molar-refractivity contribution in [2.75, 3.05) is 40.4 Å². The predicted octanol–water partition coefficient (Wildman–Crippen LogP) is 1.50. The third kappa shape index (κ3) is 7.90. The van der Waals surface area contributed by atoms with E-state index in [0.717, 1.165) is 0 Å². The van der Waals surface area contributed by atoms with Gasteiger partial charge in [0, 0.05) is 18.6 Å². The summed E-state index contributed by atoms with van der Waals surface area (Å²) in [4.78, 5) is 2.05. The second-order valence-electron chi connectivity index (χ2n) is 4.55. The highest BCUT2D eigenvalue weighted by Gasteiger charge is 2.27. The number of rotatable bonds is 7. The van der Waals surface area contributed by atoms with Crippen molar-refractivity contribution < 1.29 is 17.9 Å². The van der Waals surface area contributed by atoms with Gasteiger partial charge in [-0.15, -0.1) is 0 Å². The molecule has 3 nitrogen and oxygen atoms in total. The van der Waals surface area contributed by atoms with E-state index >= 15 is 0 Å². The molecule has 6 heteroatoms. The van der Waals surface area contributed by atoms with Crippen molar-refractivity contribution in [3.8, 4) is 0 Å². The van der Waals surface area contributed by atoms with Gasteiger partial charge < -0.3 is 15.0 Å². The molecule has 0 aromatic carbocycles. The maximum absolute atomic E-state index is 11.7. The molecule has 0 radical (unpaired) electrons. The van der Waals surface area contributed by atoms with Gasteiger partial charge in [0.15, 0.2) is 0 Å². The van der Waals surface area contributed by atoms with Gasteiger partial charge in [0.25, 0.3) is 0 Å². The Morgan fingerprint density at radius 3 is 2.19 bits per heavy atom. The number of alkyl halides is 3. The third-order valence-corrected chi connectivity index (χ3v) is 2.46. The van der Waals surface area contributed by atoms with E-state index in [1.165, 1.54) is 0 Å². The molecule has 0 amide bonds. The highest BCUT2D eigenvalue weighted by Crippen LogP contribution is 2.14. The molecule has 1 N–H and O–H groups in total. The van der Waals surface area contributed by atoms with E-state index in [-0.39, 0.29) is 12.1 Å². The molecule has 0 aliphatic carbocycles. The first kappa shape index (κ1) is 15.7. The van der Waals surface area contributed by atoms with E-state index in [1.807, 2.05) is 14.1 Å². The summed E-state index contributed by atoms with van der Waals surface area (Å²) < 4.78 is 39.6. The van der Waals surface area contributed by atoms with Crippen LogP contribution in [-0.4, -0.2) is 57.0 Å². The van der Waals surface area contributed by atoms with Crippen LogP contribution in [0.5, 0.6) is 0 Å². The molecular formula is C10H21F3N2O. The molecular weight excluding hydrogens is 221 g/mol. The summed E-state index contributed by atoms with van der Waals surface area (Å²) in [7, 11) is 3.92. The fraction of sp³-hybridized carbons (Fsp3) is 1.00. The molecule has 0 saturated carbocycles. The lowest BCUT2D eigenvalue weighted by Crippen LogP contribution is -2.47. The molecule has 0 atom stereocenters. The maximum atomic E-state index is 11.7. The molecule has 0 aliphatic heterocycles. The van der Waals surface area contributed by atoms with Crippen molar-refractivity contribution >= 4 is 0 Å². The van der Waals surface area contributed by atoms with Crippen LogP contribution < -0.4 is 5.32 Å². The van der Waals surface area contributed by atoms with Gasteiger partial charge in [-0.3, -0.25) is 0 Å². The minimum atomic E-state index is -4.23. The number of nitrogens with one attached hydrogen (secondary N) is 1. The minimum Gasteiger partial charge on any atom is -0.371 e. The number of ether oxygens (including phenoxy) is 1. The molecule has 0 unspecified atom stereocenters. The largest absolute Gasteiger partial charge is 0.411 e. The predicted molar refractivity (Wildman–Crippen MR) is 57.5 cm³/mol. The highest BCUT2D eigenvalue weighted by molar-refractivity contribution is 4.79. The van der Waals surface area contributed by atoms with Gasteiger partial charge in [0.05, 0.1) is 6.61 Å². The van der Waals surface area contributed by atoms with Gasteiger partial charge in [0.2, 0.25) is 0 Å². The van der Waals surface area contributed by atoms with Gasteiger partial charge in [-0.2, -0.15) is 13.2 Å². The van der Waals surface area contributed by atoms with Crippen LogP contribution in [0.15, 0.2) is 0 Å². The second-order valence-corrected chi connectivity index (χ2v) is 4.55. The zero-order valence-electron chi connectivity index (χ0n) is 10.3. The molecule has 0 aromatic rings. The summed E-state index contributed by atoms with van der Waals surface area (Å²) in [5.41, 5.74) is -0.0238. The monoisotopic (exact) mass is 242 g/mol. The SMILES string of the molecule is CN(C)C(C)(C)CNCCOCC(F)(F)F. The Bertz CT molecular complexity index is 193. The summed E-state index contributed by atoms with van der Waals surface area (Å²) in [6.07, 6.45) is -4.23. The van der Waals surface area contributed by atoms with Crippen LogP contribution in [0.3, 0.4) is 0 Å². The summed E-state index contributed by atoms with van der Waals surface area (Å²) in [6, 6.07) is 0. The van der Waals surface area contributed by atoms with Gasteiger partial charge >= 0.3 is 6.18 Å². The van der Waals surface area contributed by atoms with Gasteiger partial charge in [-0.05, 0) is 27.9 Å². The minimum absolute atomic E-state index is 0.0238. The molecule has 0 aromatic heterocycles. The summed E-state index contributed by atoms with van der Waals surface area (Å²) in [5, 5.41) is 3.06. The molecule has 16 heavy (non-hydrogen) atoms. The summed E-state index contributed by atoms with van der Waals surface area (Å²) >= 11 is 0. The molecule has 98 valence electrons. The Labute approximate surface area is 94.9 Å². The van der Waals surface area contributed by atoms with E-state index in [2.05, 4.69) is 28.8 Å². The molecule has 0 fully saturated rings. The number of halogens is 3. The van der Waals surface area contributed by atoms with Crippen molar-refractivity contribution in [1.29, 1.82) is 0 Å². The van der Waals surface area contributed by atoms with Crippen LogP contribution in [0.4, 0.5) is 13.2 Å². The molecule has 0 spiro atoms. The van der Waals surface area contributed by atoms with Crippen LogP contribution in [0.1, 0.15) is 13.8 Å². The number of hydrogen-bond acceptors (Lipinski definition) is 3.